The molecule has 4 rings (SSSR count). The van der Waals surface area contributed by atoms with Crippen LogP contribution in [0.1, 0.15) is 43.0 Å². The Balaban J connectivity index is 1.26. The van der Waals surface area contributed by atoms with Crippen molar-refractivity contribution in [3.63, 3.8) is 0 Å². The number of fused-ring (bicyclic) bond motifs is 1. The monoisotopic (exact) mass is 449 g/mol. The molecule has 8 heteroatoms. The van der Waals surface area contributed by atoms with Gasteiger partial charge in [-0.05, 0) is 62.2 Å². The van der Waals surface area contributed by atoms with Crippen LogP contribution in [0, 0.1) is 17.8 Å². The Kier molecular flexibility index (Phi) is 6.77. The van der Waals surface area contributed by atoms with Crippen LogP contribution in [-0.4, -0.2) is 49.5 Å². The number of nitrogens with two attached hydrogens (primary N) is 1. The van der Waals surface area contributed by atoms with Crippen molar-refractivity contribution in [2.75, 3.05) is 38.6 Å². The second kappa shape index (κ2) is 9.36. The fourth-order valence-electron chi connectivity index (χ4n) is 4.93. The van der Waals surface area contributed by atoms with Crippen LogP contribution >= 0.6 is 11.6 Å². The predicted octanol–water partition coefficient (Wildman–Crippen LogP) is 3.19. The number of carbonyl (C=O) groups excluding carboxylic acids is 1. The number of carbonyl (C=O) groups is 1. The van der Waals surface area contributed by atoms with Crippen molar-refractivity contribution in [3.05, 3.63) is 29.0 Å². The normalized spacial score (nSPS) is 24.9. The van der Waals surface area contributed by atoms with Crippen molar-refractivity contribution in [2.45, 2.75) is 38.2 Å². The Morgan fingerprint density at radius 3 is 2.77 bits per heavy atom. The number of nitrogen functional groups attached to an aromatic ring is 1. The Labute approximate surface area is 187 Å². The number of ether oxygens (including phenoxy) is 1. The smallest absolute Gasteiger partial charge is 0.255 e. The molecule has 1 amide bonds. The van der Waals surface area contributed by atoms with Crippen molar-refractivity contribution < 1.29 is 19.1 Å². The first-order valence-corrected chi connectivity index (χ1v) is 11.6. The maximum Gasteiger partial charge on any atom is 0.255 e. The standard InChI is InChI=1S/C23H32ClN3O4/c1-2-14-17(12-26-7-4-23(29)5-9-30-10-6-23)18(14)13-27-22(28)16-11-19(24)20(25)15-3-8-31-21(15)16/h3,8,11,14,17-18,26,29H,2,4-7,9-10,12-13,25H2,1H3,(H,27,28). The van der Waals surface area contributed by atoms with E-state index in [0.717, 1.165) is 25.9 Å². The van der Waals surface area contributed by atoms with E-state index in [4.69, 9.17) is 26.5 Å². The topological polar surface area (TPSA) is 110 Å². The second-order valence-corrected chi connectivity index (χ2v) is 9.29. The maximum absolute atomic E-state index is 12.8. The first-order valence-electron chi connectivity index (χ1n) is 11.2. The number of furan rings is 1. The molecule has 5 N–H and O–H groups in total. The first kappa shape index (κ1) is 22.4. The van der Waals surface area contributed by atoms with E-state index >= 15 is 0 Å². The van der Waals surface area contributed by atoms with E-state index in [-0.39, 0.29) is 5.91 Å². The summed E-state index contributed by atoms with van der Waals surface area (Å²) < 4.78 is 10.8. The van der Waals surface area contributed by atoms with Gasteiger partial charge >= 0.3 is 0 Å². The van der Waals surface area contributed by atoms with Gasteiger partial charge in [0.15, 0.2) is 0 Å². The van der Waals surface area contributed by atoms with E-state index in [0.29, 0.717) is 77.6 Å². The molecule has 31 heavy (non-hydrogen) atoms. The van der Waals surface area contributed by atoms with Gasteiger partial charge in [0, 0.05) is 25.1 Å². The summed E-state index contributed by atoms with van der Waals surface area (Å²) in [6.07, 6.45) is 4.77. The molecule has 2 heterocycles. The van der Waals surface area contributed by atoms with Gasteiger partial charge in [-0.15, -0.1) is 0 Å². The Bertz CT molecular complexity index is 925. The molecule has 1 aromatic heterocycles. The Hall–Kier alpha value is -1.80. The first-order chi connectivity index (χ1) is 14.9. The maximum atomic E-state index is 12.8. The number of hydrogen-bond acceptors (Lipinski definition) is 6. The van der Waals surface area contributed by atoms with Crippen LogP contribution in [-0.2, 0) is 4.74 Å². The number of nitrogens with one attached hydrogen (secondary N) is 2. The third-order valence-corrected chi connectivity index (χ3v) is 7.34. The van der Waals surface area contributed by atoms with Crippen molar-refractivity contribution in [1.29, 1.82) is 0 Å². The van der Waals surface area contributed by atoms with Gasteiger partial charge in [-0.2, -0.15) is 0 Å². The summed E-state index contributed by atoms with van der Waals surface area (Å²) in [4.78, 5) is 12.8. The molecule has 170 valence electrons. The molecule has 1 saturated heterocycles. The molecular formula is C23H32ClN3O4. The van der Waals surface area contributed by atoms with E-state index in [1.807, 2.05) is 0 Å². The van der Waals surface area contributed by atoms with E-state index in [2.05, 4.69) is 17.6 Å². The molecule has 0 radical (unpaired) electrons. The summed E-state index contributed by atoms with van der Waals surface area (Å²) in [5, 5.41) is 18.1. The molecule has 3 unspecified atom stereocenters. The van der Waals surface area contributed by atoms with Gasteiger partial charge < -0.3 is 30.6 Å². The van der Waals surface area contributed by atoms with Crippen molar-refractivity contribution in [2.24, 2.45) is 17.8 Å². The SMILES string of the molecule is CCC1C(CNCCC2(O)CCOCC2)C1CNC(=O)c1cc(Cl)c(N)c2ccoc12. The van der Waals surface area contributed by atoms with Gasteiger partial charge in [0.05, 0.1) is 28.1 Å². The lowest BCUT2D eigenvalue weighted by atomic mass is 9.91. The lowest BCUT2D eigenvalue weighted by molar-refractivity contribution is -0.0673. The zero-order chi connectivity index (χ0) is 22.0. The number of aliphatic hydroxyl groups is 1. The summed E-state index contributed by atoms with van der Waals surface area (Å²) in [6, 6.07) is 3.29. The molecule has 1 aliphatic carbocycles. The summed E-state index contributed by atoms with van der Waals surface area (Å²) in [5.41, 5.74) is 6.68. The largest absolute Gasteiger partial charge is 0.463 e. The molecule has 2 aromatic rings. The van der Waals surface area contributed by atoms with Gasteiger partial charge in [-0.25, -0.2) is 0 Å². The summed E-state index contributed by atoms with van der Waals surface area (Å²) in [5.74, 6) is 1.38. The highest BCUT2D eigenvalue weighted by Crippen LogP contribution is 2.47. The highest BCUT2D eigenvalue weighted by molar-refractivity contribution is 6.35. The molecule has 0 spiro atoms. The minimum atomic E-state index is -0.593. The minimum absolute atomic E-state index is 0.197. The van der Waals surface area contributed by atoms with Crippen molar-refractivity contribution >= 4 is 34.2 Å². The quantitative estimate of drug-likeness (QED) is 0.345. The van der Waals surface area contributed by atoms with Crippen LogP contribution in [0.4, 0.5) is 5.69 Å². The lowest BCUT2D eigenvalue weighted by Crippen LogP contribution is -2.39. The molecule has 0 bridgehead atoms. The zero-order valence-corrected chi connectivity index (χ0v) is 18.7. The molecule has 3 atom stereocenters. The van der Waals surface area contributed by atoms with Crippen LogP contribution in [0.25, 0.3) is 11.0 Å². The Morgan fingerprint density at radius 2 is 2.03 bits per heavy atom. The van der Waals surface area contributed by atoms with Gasteiger partial charge in [-0.3, -0.25) is 4.79 Å². The van der Waals surface area contributed by atoms with Crippen LogP contribution in [0.3, 0.4) is 0 Å². The zero-order valence-electron chi connectivity index (χ0n) is 18.0. The van der Waals surface area contributed by atoms with E-state index < -0.39 is 5.60 Å². The number of amides is 1. The molecule has 1 aliphatic heterocycles. The highest BCUT2D eigenvalue weighted by Gasteiger charge is 2.47. The fourth-order valence-corrected chi connectivity index (χ4v) is 5.14. The number of benzene rings is 1. The van der Waals surface area contributed by atoms with Gasteiger partial charge in [0.1, 0.15) is 5.58 Å². The van der Waals surface area contributed by atoms with Crippen LogP contribution in [0.2, 0.25) is 5.02 Å². The molecule has 7 nitrogen and oxygen atoms in total. The lowest BCUT2D eigenvalue weighted by Gasteiger charge is -2.32. The Morgan fingerprint density at radius 1 is 1.29 bits per heavy atom. The average Bonchev–Trinajstić information content (AvgIpc) is 3.19. The summed E-state index contributed by atoms with van der Waals surface area (Å²) >= 11 is 6.19. The summed E-state index contributed by atoms with van der Waals surface area (Å²) in [6.45, 7) is 5.79. The van der Waals surface area contributed by atoms with Crippen LogP contribution < -0.4 is 16.4 Å². The summed E-state index contributed by atoms with van der Waals surface area (Å²) in [7, 11) is 0. The molecule has 2 aliphatic rings. The van der Waals surface area contributed by atoms with Crippen LogP contribution in [0.5, 0.6) is 0 Å². The average molecular weight is 450 g/mol. The highest BCUT2D eigenvalue weighted by atomic mass is 35.5. The second-order valence-electron chi connectivity index (χ2n) is 8.88. The van der Waals surface area contributed by atoms with Gasteiger partial charge in [0.2, 0.25) is 0 Å². The van der Waals surface area contributed by atoms with Crippen molar-refractivity contribution in [3.8, 4) is 0 Å². The minimum Gasteiger partial charge on any atom is -0.463 e. The predicted molar refractivity (Wildman–Crippen MR) is 121 cm³/mol. The van der Waals surface area contributed by atoms with E-state index in [1.54, 1.807) is 12.1 Å². The van der Waals surface area contributed by atoms with E-state index in [1.165, 1.54) is 6.26 Å². The molecule has 1 saturated carbocycles. The van der Waals surface area contributed by atoms with E-state index in [9.17, 15) is 9.90 Å². The number of halogens is 1. The molecular weight excluding hydrogens is 418 g/mol. The third kappa shape index (κ3) is 4.85. The molecule has 1 aromatic carbocycles. The molecule has 2 fully saturated rings. The fraction of sp³-hybridized carbons (Fsp3) is 0.609. The van der Waals surface area contributed by atoms with Crippen LogP contribution in [0.15, 0.2) is 22.8 Å². The van der Waals surface area contributed by atoms with Gasteiger partial charge in [-0.1, -0.05) is 24.9 Å². The van der Waals surface area contributed by atoms with Crippen molar-refractivity contribution in [1.82, 2.24) is 10.6 Å². The number of anilines is 1. The van der Waals surface area contributed by atoms with Gasteiger partial charge in [0.25, 0.3) is 5.91 Å². The number of rotatable bonds is 9. The number of hydrogen-bond donors (Lipinski definition) is 4. The third-order valence-electron chi connectivity index (χ3n) is 7.02.